The van der Waals surface area contributed by atoms with Gasteiger partial charge in [-0.25, -0.2) is 0 Å². The molecule has 0 aliphatic carbocycles. The molecule has 0 saturated carbocycles. The van der Waals surface area contributed by atoms with E-state index in [1.807, 2.05) is 0 Å². The number of unbranched alkanes of at least 4 members (excludes halogenated alkanes) is 5. The first-order valence-corrected chi connectivity index (χ1v) is 5.71. The molecular formula is C10H22O2SSn. The molecule has 0 amide bonds. The van der Waals surface area contributed by atoms with E-state index in [-0.39, 0.29) is 35.6 Å². The van der Waals surface area contributed by atoms with Gasteiger partial charge in [0, 0.05) is 0 Å². The average Bonchev–Trinajstić information content (AvgIpc) is 2.16. The molecule has 0 spiro atoms. The predicted octanol–water partition coefficient (Wildman–Crippen LogP) is 1.90. The molecule has 2 radical (unpaired) electrons. The van der Waals surface area contributed by atoms with Gasteiger partial charge in [-0.15, -0.1) is 0 Å². The molecule has 0 aromatic rings. The Balaban J connectivity index is 0. The quantitative estimate of drug-likeness (QED) is 0.319. The summed E-state index contributed by atoms with van der Waals surface area (Å²) in [5.41, 5.74) is 0. The summed E-state index contributed by atoms with van der Waals surface area (Å²) >= 11 is 3.81. The molecule has 4 heteroatoms. The van der Waals surface area contributed by atoms with Gasteiger partial charge < -0.3 is 4.74 Å². The predicted molar refractivity (Wildman–Crippen MR) is 66.7 cm³/mol. The van der Waals surface area contributed by atoms with E-state index in [0.717, 1.165) is 6.42 Å². The van der Waals surface area contributed by atoms with Crippen LogP contribution >= 0.6 is 12.6 Å². The second kappa shape index (κ2) is 13.6. The second-order valence-corrected chi connectivity index (χ2v) is 3.46. The molecule has 0 bridgehead atoms. The normalized spacial score (nSPS) is 9.29. The van der Waals surface area contributed by atoms with E-state index in [4.69, 9.17) is 4.74 Å². The fourth-order valence-electron chi connectivity index (χ4n) is 1.11. The van der Waals surface area contributed by atoms with Crippen molar-refractivity contribution >= 4 is 42.5 Å². The SMILES string of the molecule is CCCCCCCCOC(=O)CS.[SnH2]. The van der Waals surface area contributed by atoms with Gasteiger partial charge in [-0.2, -0.15) is 12.6 Å². The third-order valence-corrected chi connectivity index (χ3v) is 2.15. The Morgan fingerprint density at radius 2 is 1.71 bits per heavy atom. The molecule has 0 fully saturated rings. The van der Waals surface area contributed by atoms with E-state index in [2.05, 4.69) is 19.6 Å². The summed E-state index contributed by atoms with van der Waals surface area (Å²) in [5, 5.41) is 0. The van der Waals surface area contributed by atoms with Gasteiger partial charge in [-0.3, -0.25) is 4.79 Å². The minimum atomic E-state index is -0.211. The van der Waals surface area contributed by atoms with Crippen LogP contribution in [0.3, 0.4) is 0 Å². The number of hydrogen-bond donors (Lipinski definition) is 1. The topological polar surface area (TPSA) is 26.3 Å². The van der Waals surface area contributed by atoms with Crippen LogP contribution in [0.4, 0.5) is 0 Å². The van der Waals surface area contributed by atoms with Crippen molar-refractivity contribution in [3.63, 3.8) is 0 Å². The molecule has 0 unspecified atom stereocenters. The molecule has 0 heterocycles. The van der Waals surface area contributed by atoms with Gasteiger partial charge in [-0.05, 0) is 6.42 Å². The van der Waals surface area contributed by atoms with E-state index in [9.17, 15) is 4.79 Å². The Kier molecular flexibility index (Phi) is 16.6. The van der Waals surface area contributed by atoms with Crippen molar-refractivity contribution in [2.24, 2.45) is 0 Å². The van der Waals surface area contributed by atoms with Crippen LogP contribution in [-0.4, -0.2) is 42.2 Å². The van der Waals surface area contributed by atoms with Crippen molar-refractivity contribution in [3.05, 3.63) is 0 Å². The number of rotatable bonds is 8. The minimum absolute atomic E-state index is 0. The first-order valence-electron chi connectivity index (χ1n) is 5.07. The van der Waals surface area contributed by atoms with E-state index in [1.165, 1.54) is 32.1 Å². The van der Waals surface area contributed by atoms with Crippen LogP contribution < -0.4 is 0 Å². The van der Waals surface area contributed by atoms with Gasteiger partial charge in [0.05, 0.1) is 12.4 Å². The summed E-state index contributed by atoms with van der Waals surface area (Å²) in [7, 11) is 0. The zero-order valence-corrected chi connectivity index (χ0v) is 14.1. The van der Waals surface area contributed by atoms with Gasteiger partial charge in [0.15, 0.2) is 0 Å². The zero-order valence-electron chi connectivity index (χ0n) is 9.13. The number of ether oxygens (including phenoxy) is 1. The maximum absolute atomic E-state index is 10.6. The van der Waals surface area contributed by atoms with Gasteiger partial charge >= 0.3 is 29.9 Å². The maximum atomic E-state index is 10.6. The Labute approximate surface area is 110 Å². The summed E-state index contributed by atoms with van der Waals surface area (Å²) in [6, 6.07) is 0. The Morgan fingerprint density at radius 1 is 1.14 bits per heavy atom. The van der Waals surface area contributed by atoms with Crippen LogP contribution in [0.2, 0.25) is 0 Å². The molecule has 84 valence electrons. The van der Waals surface area contributed by atoms with E-state index in [1.54, 1.807) is 0 Å². The summed E-state index contributed by atoms with van der Waals surface area (Å²) in [6.07, 6.45) is 7.30. The van der Waals surface area contributed by atoms with Crippen LogP contribution in [-0.2, 0) is 9.53 Å². The number of hydrogen-bond acceptors (Lipinski definition) is 3. The number of esters is 1. The standard InChI is InChI=1S/C10H20O2S.Sn.2H/c1-2-3-4-5-6-7-8-12-10(11)9-13;;;/h13H,2-9H2,1H3;;;. The van der Waals surface area contributed by atoms with Gasteiger partial charge in [0.1, 0.15) is 0 Å². The van der Waals surface area contributed by atoms with Crippen LogP contribution in [0.15, 0.2) is 0 Å². The molecule has 14 heavy (non-hydrogen) atoms. The van der Waals surface area contributed by atoms with E-state index in [0.29, 0.717) is 6.61 Å². The average molecular weight is 325 g/mol. The van der Waals surface area contributed by atoms with Crippen LogP contribution in [0, 0.1) is 0 Å². The van der Waals surface area contributed by atoms with Crippen LogP contribution in [0.1, 0.15) is 45.4 Å². The Hall–Kier alpha value is 0.619. The van der Waals surface area contributed by atoms with Gasteiger partial charge in [0.25, 0.3) is 0 Å². The van der Waals surface area contributed by atoms with Crippen molar-refractivity contribution in [1.82, 2.24) is 0 Å². The Morgan fingerprint density at radius 3 is 2.29 bits per heavy atom. The molecule has 2 nitrogen and oxygen atoms in total. The number of carbonyl (C=O) groups excluding carboxylic acids is 1. The number of carbonyl (C=O) groups is 1. The first-order chi connectivity index (χ1) is 6.31. The van der Waals surface area contributed by atoms with Gasteiger partial charge in [-0.1, -0.05) is 39.0 Å². The van der Waals surface area contributed by atoms with Gasteiger partial charge in [0.2, 0.25) is 0 Å². The molecule has 0 aliphatic rings. The molecule has 0 rings (SSSR count). The van der Waals surface area contributed by atoms with Crippen LogP contribution in [0.25, 0.3) is 0 Å². The molecule has 0 N–H and O–H groups in total. The zero-order chi connectivity index (χ0) is 9.94. The third-order valence-electron chi connectivity index (χ3n) is 1.89. The molecule has 0 aliphatic heterocycles. The molecule has 0 aromatic heterocycles. The fraction of sp³-hybridized carbons (Fsp3) is 0.900. The van der Waals surface area contributed by atoms with E-state index >= 15 is 0 Å². The molecule has 0 atom stereocenters. The first kappa shape index (κ1) is 17.0. The monoisotopic (exact) mass is 326 g/mol. The van der Waals surface area contributed by atoms with Crippen molar-refractivity contribution in [3.8, 4) is 0 Å². The Bertz CT molecular complexity index is 131. The molecule has 0 aromatic carbocycles. The van der Waals surface area contributed by atoms with Crippen molar-refractivity contribution in [2.75, 3.05) is 12.4 Å². The summed E-state index contributed by atoms with van der Waals surface area (Å²) < 4.78 is 4.88. The third kappa shape index (κ3) is 12.6. The summed E-state index contributed by atoms with van der Waals surface area (Å²) in [4.78, 5) is 10.6. The number of thiol groups is 1. The fourth-order valence-corrected chi connectivity index (χ4v) is 1.21. The van der Waals surface area contributed by atoms with Crippen LogP contribution in [0.5, 0.6) is 0 Å². The summed E-state index contributed by atoms with van der Waals surface area (Å²) in [6.45, 7) is 2.76. The van der Waals surface area contributed by atoms with E-state index < -0.39 is 0 Å². The molecular weight excluding hydrogens is 303 g/mol. The van der Waals surface area contributed by atoms with Crippen molar-refractivity contribution in [1.29, 1.82) is 0 Å². The van der Waals surface area contributed by atoms with Crippen molar-refractivity contribution < 1.29 is 9.53 Å². The second-order valence-electron chi connectivity index (χ2n) is 3.15. The molecule has 0 saturated heterocycles. The van der Waals surface area contributed by atoms with Crippen molar-refractivity contribution in [2.45, 2.75) is 45.4 Å². The summed E-state index contributed by atoms with van der Waals surface area (Å²) in [5.74, 6) is -0.0209.